The molecule has 2 aromatic rings. The Morgan fingerprint density at radius 3 is 2.50 bits per heavy atom. The van der Waals surface area contributed by atoms with Gasteiger partial charge in [-0.3, -0.25) is 9.78 Å². The highest BCUT2D eigenvalue weighted by Crippen LogP contribution is 2.32. The maximum atomic E-state index is 12.0. The number of carbonyl (C=O) groups excluding carboxylic acids is 1. The molecule has 1 saturated carbocycles. The molecule has 124 valence electrons. The molecule has 4 nitrogen and oxygen atoms in total. The average Bonchev–Trinajstić information content (AvgIpc) is 2.67. The van der Waals surface area contributed by atoms with Gasteiger partial charge in [-0.2, -0.15) is 5.10 Å². The van der Waals surface area contributed by atoms with Crippen LogP contribution in [0.15, 0.2) is 53.9 Å². The Morgan fingerprint density at radius 2 is 1.83 bits per heavy atom. The van der Waals surface area contributed by atoms with Crippen molar-refractivity contribution in [2.75, 3.05) is 0 Å². The fourth-order valence-corrected chi connectivity index (χ4v) is 3.19. The van der Waals surface area contributed by atoms with Crippen LogP contribution < -0.4 is 5.43 Å². The number of aromatic nitrogens is 1. The van der Waals surface area contributed by atoms with Crippen LogP contribution in [0.5, 0.6) is 0 Å². The Hall–Kier alpha value is -2.49. The number of nitrogens with one attached hydrogen (secondary N) is 1. The Kier molecular flexibility index (Phi) is 5.36. The molecule has 1 fully saturated rings. The van der Waals surface area contributed by atoms with Gasteiger partial charge in [-0.1, -0.05) is 43.5 Å². The maximum Gasteiger partial charge on any atom is 0.272 e. The summed E-state index contributed by atoms with van der Waals surface area (Å²) in [5.41, 5.74) is 6.33. The van der Waals surface area contributed by atoms with Gasteiger partial charge in [0, 0.05) is 12.4 Å². The molecule has 1 aromatic carbocycles. The third kappa shape index (κ3) is 4.07. The van der Waals surface area contributed by atoms with Crippen molar-refractivity contribution in [1.82, 2.24) is 10.4 Å². The minimum absolute atomic E-state index is 0.249. The highest BCUT2D eigenvalue weighted by atomic mass is 16.2. The lowest BCUT2D eigenvalue weighted by atomic mass is 9.84. The lowest BCUT2D eigenvalue weighted by molar-refractivity contribution is 0.0954. The van der Waals surface area contributed by atoms with Crippen LogP contribution in [0.3, 0.4) is 0 Å². The normalized spacial score (nSPS) is 16.0. The van der Waals surface area contributed by atoms with Crippen LogP contribution in [0.25, 0.3) is 0 Å². The molecule has 0 radical (unpaired) electrons. The molecule has 4 heteroatoms. The number of carbonyl (C=O) groups is 1. The molecule has 0 spiro atoms. The summed E-state index contributed by atoms with van der Waals surface area (Å²) in [7, 11) is 0. The molecule has 0 unspecified atom stereocenters. The summed E-state index contributed by atoms with van der Waals surface area (Å²) in [5, 5.41) is 4.20. The van der Waals surface area contributed by atoms with Gasteiger partial charge in [0.2, 0.25) is 0 Å². The lowest BCUT2D eigenvalue weighted by Gasteiger charge is -2.22. The minimum Gasteiger partial charge on any atom is -0.267 e. The number of pyridine rings is 1. The Balaban J connectivity index is 1.64. The monoisotopic (exact) mass is 321 g/mol. The van der Waals surface area contributed by atoms with E-state index in [1.807, 2.05) is 6.92 Å². The van der Waals surface area contributed by atoms with Gasteiger partial charge in [-0.05, 0) is 48.9 Å². The Morgan fingerprint density at radius 1 is 1.08 bits per heavy atom. The SMILES string of the molecule is C/C(=N\NC(=O)c1cccnc1)c1ccc(C2CCCCC2)cc1. The van der Waals surface area contributed by atoms with Crippen LogP contribution in [0.1, 0.15) is 66.4 Å². The number of amides is 1. The van der Waals surface area contributed by atoms with Crippen molar-refractivity contribution in [3.63, 3.8) is 0 Å². The van der Waals surface area contributed by atoms with Crippen molar-refractivity contribution in [3.8, 4) is 0 Å². The third-order valence-corrected chi connectivity index (χ3v) is 4.65. The maximum absolute atomic E-state index is 12.0. The molecule has 1 aromatic heterocycles. The standard InChI is InChI=1S/C20H23N3O/c1-15(22-23-20(24)19-8-5-13-21-14-19)16-9-11-18(12-10-16)17-6-3-2-4-7-17/h5,8-14,17H,2-4,6-7H2,1H3,(H,23,24)/b22-15+. The summed E-state index contributed by atoms with van der Waals surface area (Å²) in [6.45, 7) is 1.90. The predicted octanol–water partition coefficient (Wildman–Crippen LogP) is 4.28. The van der Waals surface area contributed by atoms with E-state index in [-0.39, 0.29) is 5.91 Å². The van der Waals surface area contributed by atoms with Crippen molar-refractivity contribution in [3.05, 3.63) is 65.5 Å². The first-order valence-corrected chi connectivity index (χ1v) is 8.59. The molecular weight excluding hydrogens is 298 g/mol. The van der Waals surface area contributed by atoms with E-state index < -0.39 is 0 Å². The quantitative estimate of drug-likeness (QED) is 0.675. The van der Waals surface area contributed by atoms with Crippen LogP contribution in [-0.2, 0) is 0 Å². The molecule has 1 N–H and O–H groups in total. The fourth-order valence-electron chi connectivity index (χ4n) is 3.19. The smallest absolute Gasteiger partial charge is 0.267 e. The van der Waals surface area contributed by atoms with Crippen molar-refractivity contribution >= 4 is 11.6 Å². The van der Waals surface area contributed by atoms with Gasteiger partial charge in [0.15, 0.2) is 0 Å². The summed E-state index contributed by atoms with van der Waals surface area (Å²) >= 11 is 0. The van der Waals surface area contributed by atoms with Crippen molar-refractivity contribution in [1.29, 1.82) is 0 Å². The predicted molar refractivity (Wildman–Crippen MR) is 96.2 cm³/mol. The molecular formula is C20H23N3O. The zero-order valence-corrected chi connectivity index (χ0v) is 14.0. The van der Waals surface area contributed by atoms with E-state index in [2.05, 4.69) is 39.8 Å². The molecule has 1 amide bonds. The zero-order valence-electron chi connectivity index (χ0n) is 14.0. The van der Waals surface area contributed by atoms with Crippen molar-refractivity contribution < 1.29 is 4.79 Å². The molecule has 0 atom stereocenters. The number of hydrogen-bond donors (Lipinski definition) is 1. The summed E-state index contributed by atoms with van der Waals surface area (Å²) in [4.78, 5) is 15.9. The molecule has 0 aliphatic heterocycles. The fraction of sp³-hybridized carbons (Fsp3) is 0.350. The molecule has 0 bridgehead atoms. The molecule has 0 saturated heterocycles. The van der Waals surface area contributed by atoms with Crippen LogP contribution >= 0.6 is 0 Å². The van der Waals surface area contributed by atoms with E-state index >= 15 is 0 Å². The Labute approximate surface area is 143 Å². The molecule has 1 aliphatic rings. The van der Waals surface area contributed by atoms with E-state index in [0.29, 0.717) is 11.5 Å². The summed E-state index contributed by atoms with van der Waals surface area (Å²) in [6, 6.07) is 12.0. The minimum atomic E-state index is -0.249. The highest BCUT2D eigenvalue weighted by Gasteiger charge is 2.15. The Bertz CT molecular complexity index is 701. The van der Waals surface area contributed by atoms with E-state index in [0.717, 1.165) is 11.3 Å². The second-order valence-corrected chi connectivity index (χ2v) is 6.34. The molecule has 1 heterocycles. The first-order valence-electron chi connectivity index (χ1n) is 8.59. The van der Waals surface area contributed by atoms with Gasteiger partial charge >= 0.3 is 0 Å². The topological polar surface area (TPSA) is 54.4 Å². The number of nitrogens with zero attached hydrogens (tertiary/aromatic N) is 2. The number of rotatable bonds is 4. The molecule has 3 rings (SSSR count). The highest BCUT2D eigenvalue weighted by molar-refractivity contribution is 6.00. The van der Waals surface area contributed by atoms with Gasteiger partial charge in [-0.15, -0.1) is 0 Å². The van der Waals surface area contributed by atoms with E-state index in [4.69, 9.17) is 0 Å². The summed E-state index contributed by atoms with van der Waals surface area (Å²) in [6.07, 6.45) is 9.82. The molecule has 24 heavy (non-hydrogen) atoms. The van der Waals surface area contributed by atoms with Crippen LogP contribution in [0, 0.1) is 0 Å². The average molecular weight is 321 g/mol. The van der Waals surface area contributed by atoms with E-state index in [9.17, 15) is 4.79 Å². The molecule has 1 aliphatic carbocycles. The van der Waals surface area contributed by atoms with Crippen molar-refractivity contribution in [2.45, 2.75) is 44.9 Å². The van der Waals surface area contributed by atoms with Crippen molar-refractivity contribution in [2.24, 2.45) is 5.10 Å². The summed E-state index contributed by atoms with van der Waals surface area (Å²) < 4.78 is 0. The number of benzene rings is 1. The lowest BCUT2D eigenvalue weighted by Crippen LogP contribution is -2.19. The van der Waals surface area contributed by atoms with Gasteiger partial charge in [0.1, 0.15) is 0 Å². The van der Waals surface area contributed by atoms with Gasteiger partial charge in [-0.25, -0.2) is 5.43 Å². The van der Waals surface area contributed by atoms with Gasteiger partial charge in [0.25, 0.3) is 5.91 Å². The van der Waals surface area contributed by atoms with Crippen LogP contribution in [-0.4, -0.2) is 16.6 Å². The zero-order chi connectivity index (χ0) is 16.8. The third-order valence-electron chi connectivity index (χ3n) is 4.65. The van der Waals surface area contributed by atoms with E-state index in [1.165, 1.54) is 43.9 Å². The van der Waals surface area contributed by atoms with E-state index in [1.54, 1.807) is 18.3 Å². The van der Waals surface area contributed by atoms with Crippen LogP contribution in [0.4, 0.5) is 0 Å². The number of hydrogen-bond acceptors (Lipinski definition) is 3. The van der Waals surface area contributed by atoms with Gasteiger partial charge in [0.05, 0.1) is 11.3 Å². The first kappa shape index (κ1) is 16.4. The van der Waals surface area contributed by atoms with Crippen LogP contribution in [0.2, 0.25) is 0 Å². The second kappa shape index (κ2) is 7.86. The first-order chi connectivity index (χ1) is 11.7. The summed E-state index contributed by atoms with van der Waals surface area (Å²) in [5.74, 6) is 0.455. The van der Waals surface area contributed by atoms with Gasteiger partial charge < -0.3 is 0 Å². The number of hydrazone groups is 1. The second-order valence-electron chi connectivity index (χ2n) is 6.34. The largest absolute Gasteiger partial charge is 0.272 e.